The van der Waals surface area contributed by atoms with E-state index < -0.39 is 0 Å². The van der Waals surface area contributed by atoms with Crippen LogP contribution in [-0.2, 0) is 6.42 Å². The summed E-state index contributed by atoms with van der Waals surface area (Å²) in [4.78, 5) is 4.19. The van der Waals surface area contributed by atoms with E-state index in [0.717, 1.165) is 15.7 Å². The SMILES string of the molecule is NC(Cc1cc(F)cc(Br)c1)c1ccccn1. The minimum absolute atomic E-state index is 0.218. The second-order valence-electron chi connectivity index (χ2n) is 3.84. The molecule has 1 aromatic carbocycles. The van der Waals surface area contributed by atoms with Crippen LogP contribution in [0.1, 0.15) is 17.3 Å². The lowest BCUT2D eigenvalue weighted by Gasteiger charge is -2.11. The molecule has 1 unspecified atom stereocenters. The van der Waals surface area contributed by atoms with Crippen molar-refractivity contribution in [2.75, 3.05) is 0 Å². The quantitative estimate of drug-likeness (QED) is 0.944. The molecule has 0 aliphatic heterocycles. The van der Waals surface area contributed by atoms with Gasteiger partial charge in [0.2, 0.25) is 0 Å². The summed E-state index contributed by atoms with van der Waals surface area (Å²) >= 11 is 3.26. The molecule has 4 heteroatoms. The van der Waals surface area contributed by atoms with Crippen molar-refractivity contribution < 1.29 is 4.39 Å². The molecule has 88 valence electrons. The summed E-state index contributed by atoms with van der Waals surface area (Å²) < 4.78 is 13.9. The van der Waals surface area contributed by atoms with Crippen LogP contribution in [0.25, 0.3) is 0 Å². The Hall–Kier alpha value is -1.26. The number of halogens is 2. The molecular formula is C13H12BrFN2. The van der Waals surface area contributed by atoms with E-state index in [1.807, 2.05) is 24.3 Å². The molecular weight excluding hydrogens is 283 g/mol. The summed E-state index contributed by atoms with van der Waals surface area (Å²) in [5.74, 6) is -0.261. The van der Waals surface area contributed by atoms with Crippen molar-refractivity contribution in [2.45, 2.75) is 12.5 Å². The lowest BCUT2D eigenvalue weighted by Crippen LogP contribution is -2.14. The van der Waals surface area contributed by atoms with Crippen LogP contribution in [0.3, 0.4) is 0 Å². The standard InChI is InChI=1S/C13H12BrFN2/c14-10-5-9(6-11(15)8-10)7-12(16)13-3-1-2-4-17-13/h1-6,8,12H,7,16H2. The van der Waals surface area contributed by atoms with E-state index in [4.69, 9.17) is 5.73 Å². The number of nitrogens with zero attached hydrogens (tertiary/aromatic N) is 1. The van der Waals surface area contributed by atoms with Gasteiger partial charge in [-0.2, -0.15) is 0 Å². The van der Waals surface area contributed by atoms with Crippen molar-refractivity contribution in [3.8, 4) is 0 Å². The Morgan fingerprint density at radius 2 is 2.12 bits per heavy atom. The van der Waals surface area contributed by atoms with Gasteiger partial charge in [0.15, 0.2) is 0 Å². The van der Waals surface area contributed by atoms with Crippen LogP contribution in [-0.4, -0.2) is 4.98 Å². The average Bonchev–Trinajstić information content (AvgIpc) is 2.28. The molecule has 0 amide bonds. The van der Waals surface area contributed by atoms with Crippen molar-refractivity contribution >= 4 is 15.9 Å². The molecule has 0 radical (unpaired) electrons. The molecule has 1 heterocycles. The zero-order chi connectivity index (χ0) is 12.3. The lowest BCUT2D eigenvalue weighted by atomic mass is 10.0. The predicted octanol–water partition coefficient (Wildman–Crippen LogP) is 3.23. The summed E-state index contributed by atoms with van der Waals surface area (Å²) in [6.45, 7) is 0. The van der Waals surface area contributed by atoms with Crippen molar-refractivity contribution in [3.05, 3.63) is 64.1 Å². The zero-order valence-corrected chi connectivity index (χ0v) is 10.7. The molecule has 0 aliphatic rings. The number of benzene rings is 1. The maximum atomic E-state index is 13.2. The van der Waals surface area contributed by atoms with Gasteiger partial charge in [0.05, 0.1) is 11.7 Å². The fourth-order valence-corrected chi connectivity index (χ4v) is 2.20. The number of pyridine rings is 1. The van der Waals surface area contributed by atoms with Gasteiger partial charge in [-0.3, -0.25) is 4.98 Å². The number of hydrogen-bond acceptors (Lipinski definition) is 2. The second kappa shape index (κ2) is 5.38. The van der Waals surface area contributed by atoms with Gasteiger partial charge in [-0.15, -0.1) is 0 Å². The summed E-state index contributed by atoms with van der Waals surface area (Å²) in [5.41, 5.74) is 7.70. The van der Waals surface area contributed by atoms with Gasteiger partial charge >= 0.3 is 0 Å². The molecule has 0 fully saturated rings. The van der Waals surface area contributed by atoms with E-state index in [0.29, 0.717) is 6.42 Å². The van der Waals surface area contributed by atoms with Crippen LogP contribution in [0.5, 0.6) is 0 Å². The largest absolute Gasteiger partial charge is 0.322 e. The predicted molar refractivity (Wildman–Crippen MR) is 69.0 cm³/mol. The highest BCUT2D eigenvalue weighted by molar-refractivity contribution is 9.10. The third kappa shape index (κ3) is 3.35. The van der Waals surface area contributed by atoms with Gasteiger partial charge in [-0.1, -0.05) is 22.0 Å². The second-order valence-corrected chi connectivity index (χ2v) is 4.76. The zero-order valence-electron chi connectivity index (χ0n) is 9.11. The highest BCUT2D eigenvalue weighted by atomic mass is 79.9. The molecule has 2 N–H and O–H groups in total. The Morgan fingerprint density at radius 3 is 2.76 bits per heavy atom. The Kier molecular flexibility index (Phi) is 3.86. The van der Waals surface area contributed by atoms with E-state index >= 15 is 0 Å². The molecule has 0 saturated heterocycles. The van der Waals surface area contributed by atoms with Crippen molar-refractivity contribution in [2.24, 2.45) is 5.73 Å². The van der Waals surface area contributed by atoms with Gasteiger partial charge in [-0.25, -0.2) is 4.39 Å². The molecule has 2 nitrogen and oxygen atoms in total. The van der Waals surface area contributed by atoms with Gasteiger partial charge in [0.1, 0.15) is 5.82 Å². The third-order valence-corrected chi connectivity index (χ3v) is 2.90. The van der Waals surface area contributed by atoms with Crippen LogP contribution in [0.4, 0.5) is 4.39 Å². The average molecular weight is 295 g/mol. The van der Waals surface area contributed by atoms with Gasteiger partial charge in [0, 0.05) is 10.7 Å². The summed E-state index contributed by atoms with van der Waals surface area (Å²) in [6.07, 6.45) is 2.27. The first kappa shape index (κ1) is 12.2. The third-order valence-electron chi connectivity index (χ3n) is 2.45. The molecule has 2 aromatic rings. The topological polar surface area (TPSA) is 38.9 Å². The van der Waals surface area contributed by atoms with Crippen LogP contribution in [0.15, 0.2) is 47.1 Å². The van der Waals surface area contributed by atoms with Crippen molar-refractivity contribution in [1.29, 1.82) is 0 Å². The molecule has 0 spiro atoms. The normalized spacial score (nSPS) is 12.4. The molecule has 0 saturated carbocycles. The van der Waals surface area contributed by atoms with E-state index in [2.05, 4.69) is 20.9 Å². The first-order valence-electron chi connectivity index (χ1n) is 5.26. The Balaban J connectivity index is 2.16. The maximum Gasteiger partial charge on any atom is 0.124 e. The smallest absolute Gasteiger partial charge is 0.124 e. The Labute approximate surface area is 108 Å². The molecule has 0 aliphatic carbocycles. The molecule has 1 aromatic heterocycles. The lowest BCUT2D eigenvalue weighted by molar-refractivity contribution is 0.620. The summed E-state index contributed by atoms with van der Waals surface area (Å²) in [5, 5.41) is 0. The number of nitrogens with two attached hydrogens (primary N) is 1. The molecule has 0 bridgehead atoms. The number of hydrogen-bond donors (Lipinski definition) is 1. The first-order valence-corrected chi connectivity index (χ1v) is 6.06. The Bertz CT molecular complexity index is 482. The highest BCUT2D eigenvalue weighted by Gasteiger charge is 2.09. The van der Waals surface area contributed by atoms with Gasteiger partial charge < -0.3 is 5.73 Å². The highest BCUT2D eigenvalue weighted by Crippen LogP contribution is 2.19. The molecule has 2 rings (SSSR count). The van der Waals surface area contributed by atoms with Crippen LogP contribution < -0.4 is 5.73 Å². The molecule has 1 atom stereocenters. The van der Waals surface area contributed by atoms with Crippen molar-refractivity contribution in [1.82, 2.24) is 4.98 Å². The van der Waals surface area contributed by atoms with Gasteiger partial charge in [-0.05, 0) is 42.3 Å². The van der Waals surface area contributed by atoms with Crippen LogP contribution >= 0.6 is 15.9 Å². The monoisotopic (exact) mass is 294 g/mol. The molecule has 17 heavy (non-hydrogen) atoms. The van der Waals surface area contributed by atoms with Gasteiger partial charge in [0.25, 0.3) is 0 Å². The van der Waals surface area contributed by atoms with Crippen LogP contribution in [0, 0.1) is 5.82 Å². The summed E-state index contributed by atoms with van der Waals surface area (Å²) in [7, 11) is 0. The number of aromatic nitrogens is 1. The maximum absolute atomic E-state index is 13.2. The fraction of sp³-hybridized carbons (Fsp3) is 0.154. The van der Waals surface area contributed by atoms with E-state index in [-0.39, 0.29) is 11.9 Å². The van der Waals surface area contributed by atoms with E-state index in [9.17, 15) is 4.39 Å². The number of rotatable bonds is 3. The minimum atomic E-state index is -0.261. The van der Waals surface area contributed by atoms with E-state index in [1.165, 1.54) is 12.1 Å². The van der Waals surface area contributed by atoms with Crippen molar-refractivity contribution in [3.63, 3.8) is 0 Å². The summed E-state index contributed by atoms with van der Waals surface area (Å²) in [6, 6.07) is 10.2. The Morgan fingerprint density at radius 1 is 1.29 bits per heavy atom. The van der Waals surface area contributed by atoms with E-state index in [1.54, 1.807) is 6.20 Å². The minimum Gasteiger partial charge on any atom is -0.322 e. The fourth-order valence-electron chi connectivity index (χ4n) is 1.68. The van der Waals surface area contributed by atoms with Crippen LogP contribution in [0.2, 0.25) is 0 Å². The first-order chi connectivity index (χ1) is 8.15.